The van der Waals surface area contributed by atoms with Crippen LogP contribution in [0, 0.1) is 50.2 Å². The Labute approximate surface area is 421 Å². The molecule has 4 heterocycles. The Kier molecular flexibility index (Phi) is 15.2. The fraction of sp³-hybridized carbons (Fsp3) is 0.942. The molecule has 0 aromatic rings. The molecule has 26 atom stereocenters. The summed E-state index contributed by atoms with van der Waals surface area (Å²) in [7, 11) is 0. The smallest absolute Gasteiger partial charge is 0.315 e. The molecule has 9 aliphatic rings. The molecule has 5 aliphatic carbocycles. The van der Waals surface area contributed by atoms with Gasteiger partial charge in [0.1, 0.15) is 79.4 Å². The molecule has 26 unspecified atom stereocenters. The summed E-state index contributed by atoms with van der Waals surface area (Å²) in [5.41, 5.74) is -0.501. The van der Waals surface area contributed by atoms with E-state index in [1.165, 1.54) is 12.5 Å². The first kappa shape index (κ1) is 55.3. The molecule has 0 radical (unpaired) electrons. The largest absolute Gasteiger partial charge is 0.432 e. The molecule has 4 saturated heterocycles. The first-order valence-electron chi connectivity index (χ1n) is 26.5. The van der Waals surface area contributed by atoms with Gasteiger partial charge in [-0.3, -0.25) is 4.79 Å². The van der Waals surface area contributed by atoms with E-state index < -0.39 is 129 Å². The fourth-order valence-electron chi connectivity index (χ4n) is 15.9. The maximum atomic E-state index is 14.9. The summed E-state index contributed by atoms with van der Waals surface area (Å²) in [6.45, 7) is 16.6. The second-order valence-electron chi connectivity index (χ2n) is 25.4. The number of allylic oxidation sites excluding steroid dienone is 2. The average Bonchev–Trinajstić information content (AvgIpc) is 3.32. The molecule has 20 heteroatoms. The van der Waals surface area contributed by atoms with Crippen molar-refractivity contribution >= 4 is 5.97 Å². The normalized spacial score (nSPS) is 54.2. The molecule has 0 spiro atoms. The molecule has 4 aliphatic heterocycles. The molecule has 8 fully saturated rings. The van der Waals surface area contributed by atoms with E-state index in [2.05, 4.69) is 54.5 Å². The van der Waals surface area contributed by atoms with Gasteiger partial charge in [-0.2, -0.15) is 0 Å². The molecule has 9 rings (SSSR count). The number of hydrogen-bond acceptors (Lipinski definition) is 20. The molecule has 11 N–H and O–H groups in total. The van der Waals surface area contributed by atoms with Crippen molar-refractivity contribution in [2.75, 3.05) is 19.8 Å². The molecule has 412 valence electrons. The predicted octanol–water partition coefficient (Wildman–Crippen LogP) is 0.271. The molecule has 0 bridgehead atoms. The first-order valence-corrected chi connectivity index (χ1v) is 26.5. The Bertz CT molecular complexity index is 1990. The van der Waals surface area contributed by atoms with Crippen molar-refractivity contribution < 1.29 is 98.9 Å². The molecule has 0 aromatic heterocycles. The van der Waals surface area contributed by atoms with E-state index in [1.807, 2.05) is 0 Å². The van der Waals surface area contributed by atoms with Crippen LogP contribution in [-0.4, -0.2) is 199 Å². The van der Waals surface area contributed by atoms with Crippen molar-refractivity contribution in [2.45, 2.75) is 236 Å². The lowest BCUT2D eigenvalue weighted by Gasteiger charge is -2.71. The fourth-order valence-corrected chi connectivity index (χ4v) is 15.9. The van der Waals surface area contributed by atoms with Gasteiger partial charge in [0.15, 0.2) is 18.9 Å². The van der Waals surface area contributed by atoms with Gasteiger partial charge < -0.3 is 94.1 Å². The van der Waals surface area contributed by atoms with Crippen LogP contribution in [0.3, 0.4) is 0 Å². The summed E-state index contributed by atoms with van der Waals surface area (Å²) in [6.07, 6.45) is -16.0. The number of ether oxygens (including phenoxy) is 8. The Morgan fingerprint density at radius 1 is 0.611 bits per heavy atom. The van der Waals surface area contributed by atoms with Crippen molar-refractivity contribution in [3.8, 4) is 0 Å². The maximum absolute atomic E-state index is 14.9. The van der Waals surface area contributed by atoms with E-state index in [4.69, 9.17) is 37.9 Å². The van der Waals surface area contributed by atoms with Crippen LogP contribution < -0.4 is 0 Å². The number of fused-ring (bicyclic) bond motifs is 7. The number of rotatable bonds is 9. The Balaban J connectivity index is 0.876. The lowest BCUT2D eigenvalue weighted by Crippen LogP contribution is -2.66. The van der Waals surface area contributed by atoms with Crippen molar-refractivity contribution in [3.05, 3.63) is 11.6 Å². The van der Waals surface area contributed by atoms with Crippen molar-refractivity contribution in [1.29, 1.82) is 0 Å². The number of aliphatic hydroxyl groups is 11. The van der Waals surface area contributed by atoms with Gasteiger partial charge in [-0.25, -0.2) is 0 Å². The van der Waals surface area contributed by atoms with E-state index >= 15 is 0 Å². The third-order valence-corrected chi connectivity index (χ3v) is 20.6. The number of carbonyl (C=O) groups excluding carboxylic acids is 1. The van der Waals surface area contributed by atoms with E-state index in [0.717, 1.165) is 44.9 Å². The van der Waals surface area contributed by atoms with Gasteiger partial charge in [0.2, 0.25) is 6.29 Å². The number of carbonyl (C=O) groups is 1. The van der Waals surface area contributed by atoms with Crippen LogP contribution in [0.2, 0.25) is 0 Å². The van der Waals surface area contributed by atoms with Crippen LogP contribution >= 0.6 is 0 Å². The zero-order chi connectivity index (χ0) is 52.4. The van der Waals surface area contributed by atoms with Crippen LogP contribution in [0.25, 0.3) is 0 Å². The zero-order valence-electron chi connectivity index (χ0n) is 43.1. The summed E-state index contributed by atoms with van der Waals surface area (Å²) in [6, 6.07) is 0. The van der Waals surface area contributed by atoms with E-state index in [1.54, 1.807) is 0 Å². The molecular formula is C52H84O20. The van der Waals surface area contributed by atoms with Crippen LogP contribution in [0.15, 0.2) is 11.6 Å². The van der Waals surface area contributed by atoms with Crippen LogP contribution in [0.4, 0.5) is 0 Å². The lowest BCUT2D eigenvalue weighted by molar-refractivity contribution is -0.351. The third-order valence-electron chi connectivity index (χ3n) is 20.6. The number of esters is 1. The van der Waals surface area contributed by atoms with E-state index in [0.29, 0.717) is 25.2 Å². The standard InChI is InChI=1S/C52H84O20/c1-23-32(54)36(58)40(62)44(67-23)69-27-22-66-43(39(61)35(27)57)72-46(64)52-17-15-47(2,3)19-25(52)24-9-10-30-49(6)13-12-31(48(4,5)29(49)11-14-51(30,8)50(24,7)16-18-52)71-42-38(60)34(56)28(21-65-42)70-45-41(63)37(59)33(55)26(20-53)68-45/h9,23,25-45,53-63H,10-22H2,1-8H3. The van der Waals surface area contributed by atoms with Gasteiger partial charge in [-0.1, -0.05) is 60.1 Å². The summed E-state index contributed by atoms with van der Waals surface area (Å²) in [4.78, 5) is 14.9. The number of aliphatic hydroxyl groups excluding tert-OH is 11. The molecule has 0 aromatic carbocycles. The van der Waals surface area contributed by atoms with E-state index in [-0.39, 0.29) is 58.2 Å². The quantitative estimate of drug-likeness (QED) is 0.0839. The Morgan fingerprint density at radius 2 is 1.18 bits per heavy atom. The molecule has 0 amide bonds. The minimum atomic E-state index is -1.69. The summed E-state index contributed by atoms with van der Waals surface area (Å²) >= 11 is 0. The van der Waals surface area contributed by atoms with Gasteiger partial charge in [0.05, 0.1) is 37.4 Å². The first-order chi connectivity index (χ1) is 33.7. The average molecular weight is 1030 g/mol. The van der Waals surface area contributed by atoms with Gasteiger partial charge in [-0.05, 0) is 116 Å². The molecule has 72 heavy (non-hydrogen) atoms. The highest BCUT2D eigenvalue weighted by Gasteiger charge is 2.70. The summed E-state index contributed by atoms with van der Waals surface area (Å²) in [5.74, 6) is -0.0685. The highest BCUT2D eigenvalue weighted by molar-refractivity contribution is 5.79. The van der Waals surface area contributed by atoms with Crippen LogP contribution in [0.5, 0.6) is 0 Å². The molecular weight excluding hydrogens is 945 g/mol. The van der Waals surface area contributed by atoms with E-state index in [9.17, 15) is 61.0 Å². The summed E-state index contributed by atoms with van der Waals surface area (Å²) in [5, 5.41) is 117. The van der Waals surface area contributed by atoms with Crippen LogP contribution in [0.1, 0.15) is 120 Å². The minimum absolute atomic E-state index is 0.0598. The molecule has 20 nitrogen and oxygen atoms in total. The molecule has 4 saturated carbocycles. The minimum Gasteiger partial charge on any atom is -0.432 e. The SMILES string of the molecule is CC1OC(OC2COC(OC(=O)C34CCC(C)(C)CC3C3=CCC5C6(C)CCC(OC7OCC(OC8OC(CO)C(O)C(O)C8O)C(O)C7O)C(C)(C)C6CCC5(C)C3(C)CC4)C(O)C2O)C(O)C(O)C1O. The van der Waals surface area contributed by atoms with Crippen molar-refractivity contribution in [1.82, 2.24) is 0 Å². The Morgan fingerprint density at radius 3 is 1.82 bits per heavy atom. The zero-order valence-corrected chi connectivity index (χ0v) is 43.1. The van der Waals surface area contributed by atoms with Crippen LogP contribution in [-0.2, 0) is 42.7 Å². The Hall–Kier alpha value is -1.51. The maximum Gasteiger partial charge on any atom is 0.315 e. The second kappa shape index (κ2) is 19.7. The predicted molar refractivity (Wildman–Crippen MR) is 249 cm³/mol. The monoisotopic (exact) mass is 1030 g/mol. The van der Waals surface area contributed by atoms with Crippen molar-refractivity contribution in [2.24, 2.45) is 50.2 Å². The highest BCUT2D eigenvalue weighted by atomic mass is 16.8. The topological polar surface area (TPSA) is 313 Å². The van der Waals surface area contributed by atoms with Gasteiger partial charge in [-0.15, -0.1) is 0 Å². The second-order valence-corrected chi connectivity index (χ2v) is 25.4. The van der Waals surface area contributed by atoms with Gasteiger partial charge >= 0.3 is 5.97 Å². The van der Waals surface area contributed by atoms with Gasteiger partial charge in [0.25, 0.3) is 0 Å². The number of hydrogen-bond donors (Lipinski definition) is 11. The highest BCUT2D eigenvalue weighted by Crippen LogP contribution is 2.76. The van der Waals surface area contributed by atoms with Crippen molar-refractivity contribution in [3.63, 3.8) is 0 Å². The van der Waals surface area contributed by atoms with Gasteiger partial charge in [0, 0.05) is 0 Å². The summed E-state index contributed by atoms with van der Waals surface area (Å²) < 4.78 is 47.2. The third kappa shape index (κ3) is 8.87. The lowest BCUT2D eigenvalue weighted by atomic mass is 9.33.